The molecule has 1 aromatic heterocycles. The Labute approximate surface area is 91.1 Å². The summed E-state index contributed by atoms with van der Waals surface area (Å²) in [5.41, 5.74) is 2.62. The van der Waals surface area contributed by atoms with Crippen LogP contribution in [0.1, 0.15) is 26.5 Å². The molecule has 15 heavy (non-hydrogen) atoms. The van der Waals surface area contributed by atoms with Gasteiger partial charge < -0.3 is 10.6 Å². The molecule has 0 saturated heterocycles. The number of hydrogen-bond acceptors (Lipinski definition) is 3. The van der Waals surface area contributed by atoms with Crippen LogP contribution in [0.15, 0.2) is 0 Å². The minimum atomic E-state index is 0.282. The fourth-order valence-corrected chi connectivity index (χ4v) is 1.93. The van der Waals surface area contributed by atoms with Crippen molar-refractivity contribution < 1.29 is 0 Å². The van der Waals surface area contributed by atoms with Crippen LogP contribution in [0.4, 0.5) is 11.5 Å². The van der Waals surface area contributed by atoms with Crippen molar-refractivity contribution in [2.24, 2.45) is 12.5 Å². The maximum atomic E-state index is 4.49. The number of anilines is 2. The van der Waals surface area contributed by atoms with Gasteiger partial charge in [-0.2, -0.15) is 5.10 Å². The lowest BCUT2D eigenvalue weighted by Gasteiger charge is -2.22. The summed E-state index contributed by atoms with van der Waals surface area (Å²) in [5, 5.41) is 11.5. The monoisotopic (exact) mass is 208 g/mol. The molecule has 1 aromatic rings. The Morgan fingerprint density at radius 3 is 2.67 bits per heavy atom. The molecular weight excluding hydrogens is 188 g/mol. The third-order valence-electron chi connectivity index (χ3n) is 2.93. The first kappa shape index (κ1) is 10.3. The van der Waals surface area contributed by atoms with E-state index < -0.39 is 0 Å². The number of rotatable bonds is 1. The summed E-state index contributed by atoms with van der Waals surface area (Å²) in [5.74, 6) is 1.12. The third kappa shape index (κ3) is 1.80. The zero-order valence-corrected chi connectivity index (χ0v) is 10.0. The molecule has 2 N–H and O–H groups in total. The van der Waals surface area contributed by atoms with Crippen molar-refractivity contribution >= 4 is 11.5 Å². The number of aromatic nitrogens is 2. The Morgan fingerprint density at radius 2 is 2.00 bits per heavy atom. The zero-order chi connectivity index (χ0) is 11.1. The highest BCUT2D eigenvalue weighted by atomic mass is 15.3. The molecule has 2 rings (SSSR count). The minimum Gasteiger partial charge on any atom is -0.380 e. The standard InChI is InChI=1S/C11H20N4/c1-5-8-9-10(15(4)14-8)13-7-11(2,3)6-12-9/h12-13H,5-7H2,1-4H3. The Balaban J connectivity index is 2.36. The van der Waals surface area contributed by atoms with Gasteiger partial charge in [-0.3, -0.25) is 4.68 Å². The Bertz CT molecular complexity index is 365. The van der Waals surface area contributed by atoms with Gasteiger partial charge in [-0.15, -0.1) is 0 Å². The first-order valence-corrected chi connectivity index (χ1v) is 5.57. The molecule has 1 aliphatic rings. The molecule has 4 heteroatoms. The lowest BCUT2D eigenvalue weighted by Crippen LogP contribution is -2.28. The summed E-state index contributed by atoms with van der Waals surface area (Å²) < 4.78 is 1.93. The summed E-state index contributed by atoms with van der Waals surface area (Å²) in [4.78, 5) is 0. The fourth-order valence-electron chi connectivity index (χ4n) is 1.93. The topological polar surface area (TPSA) is 41.9 Å². The van der Waals surface area contributed by atoms with Crippen molar-refractivity contribution in [1.29, 1.82) is 0 Å². The molecule has 4 nitrogen and oxygen atoms in total. The van der Waals surface area contributed by atoms with Crippen LogP contribution < -0.4 is 10.6 Å². The molecule has 0 fully saturated rings. The normalized spacial score (nSPS) is 18.7. The maximum absolute atomic E-state index is 4.49. The predicted octanol–water partition coefficient (Wildman–Crippen LogP) is 1.85. The lowest BCUT2D eigenvalue weighted by atomic mass is 9.94. The Hall–Kier alpha value is -1.19. The van der Waals surface area contributed by atoms with Gasteiger partial charge in [0, 0.05) is 20.1 Å². The summed E-state index contributed by atoms with van der Waals surface area (Å²) in [6.45, 7) is 8.64. The van der Waals surface area contributed by atoms with Crippen LogP contribution in [0.3, 0.4) is 0 Å². The van der Waals surface area contributed by atoms with E-state index in [4.69, 9.17) is 0 Å². The molecule has 84 valence electrons. The molecule has 0 atom stereocenters. The zero-order valence-electron chi connectivity index (χ0n) is 10.0. The number of hydrogen-bond donors (Lipinski definition) is 2. The van der Waals surface area contributed by atoms with Crippen molar-refractivity contribution in [2.75, 3.05) is 23.7 Å². The van der Waals surface area contributed by atoms with E-state index in [1.54, 1.807) is 0 Å². The van der Waals surface area contributed by atoms with Gasteiger partial charge in [0.05, 0.1) is 5.69 Å². The smallest absolute Gasteiger partial charge is 0.148 e. The van der Waals surface area contributed by atoms with Crippen LogP contribution in [0.25, 0.3) is 0 Å². The minimum absolute atomic E-state index is 0.282. The first-order valence-electron chi connectivity index (χ1n) is 5.57. The number of fused-ring (bicyclic) bond motifs is 1. The van der Waals surface area contributed by atoms with Crippen molar-refractivity contribution in [3.8, 4) is 0 Å². The highest BCUT2D eigenvalue weighted by Gasteiger charge is 2.25. The van der Waals surface area contributed by atoms with Gasteiger partial charge in [0.1, 0.15) is 11.5 Å². The van der Waals surface area contributed by atoms with Crippen LogP contribution >= 0.6 is 0 Å². The average molecular weight is 208 g/mol. The molecule has 0 radical (unpaired) electrons. The molecule has 0 aliphatic carbocycles. The van der Waals surface area contributed by atoms with E-state index in [-0.39, 0.29) is 5.41 Å². The number of aryl methyl sites for hydroxylation is 2. The van der Waals surface area contributed by atoms with E-state index in [0.717, 1.165) is 31.0 Å². The second-order valence-corrected chi connectivity index (χ2v) is 5.02. The van der Waals surface area contributed by atoms with E-state index in [1.165, 1.54) is 5.69 Å². The highest BCUT2D eigenvalue weighted by Crippen LogP contribution is 2.31. The fraction of sp³-hybridized carbons (Fsp3) is 0.727. The van der Waals surface area contributed by atoms with Gasteiger partial charge in [0.2, 0.25) is 0 Å². The van der Waals surface area contributed by atoms with Crippen LogP contribution in [-0.4, -0.2) is 22.9 Å². The Kier molecular flexibility index (Phi) is 2.37. The molecule has 0 saturated carbocycles. The van der Waals surface area contributed by atoms with E-state index in [2.05, 4.69) is 36.5 Å². The van der Waals surface area contributed by atoms with Crippen molar-refractivity contribution in [1.82, 2.24) is 9.78 Å². The third-order valence-corrected chi connectivity index (χ3v) is 2.93. The van der Waals surface area contributed by atoms with Gasteiger partial charge in [0.15, 0.2) is 0 Å². The van der Waals surface area contributed by atoms with Gasteiger partial charge in [-0.25, -0.2) is 0 Å². The van der Waals surface area contributed by atoms with Crippen LogP contribution in [0.2, 0.25) is 0 Å². The highest BCUT2D eigenvalue weighted by molar-refractivity contribution is 5.69. The Morgan fingerprint density at radius 1 is 1.33 bits per heavy atom. The van der Waals surface area contributed by atoms with E-state index in [0.29, 0.717) is 0 Å². The molecule has 0 aromatic carbocycles. The van der Waals surface area contributed by atoms with Gasteiger partial charge in [-0.1, -0.05) is 20.8 Å². The lowest BCUT2D eigenvalue weighted by molar-refractivity contribution is 0.422. The molecule has 2 heterocycles. The van der Waals surface area contributed by atoms with Gasteiger partial charge in [0.25, 0.3) is 0 Å². The van der Waals surface area contributed by atoms with E-state index in [9.17, 15) is 0 Å². The van der Waals surface area contributed by atoms with Crippen molar-refractivity contribution in [3.05, 3.63) is 5.69 Å². The largest absolute Gasteiger partial charge is 0.380 e. The molecule has 0 amide bonds. The van der Waals surface area contributed by atoms with Crippen LogP contribution in [0, 0.1) is 5.41 Å². The van der Waals surface area contributed by atoms with Crippen molar-refractivity contribution in [2.45, 2.75) is 27.2 Å². The SMILES string of the molecule is CCc1nn(C)c2c1NCC(C)(C)CN2. The second-order valence-electron chi connectivity index (χ2n) is 5.02. The number of nitrogens with zero attached hydrogens (tertiary/aromatic N) is 2. The van der Waals surface area contributed by atoms with Gasteiger partial charge in [-0.05, 0) is 11.8 Å². The van der Waals surface area contributed by atoms with E-state index >= 15 is 0 Å². The summed E-state index contributed by atoms with van der Waals surface area (Å²) in [6.07, 6.45) is 0.971. The first-order chi connectivity index (χ1) is 7.03. The van der Waals surface area contributed by atoms with Crippen molar-refractivity contribution in [3.63, 3.8) is 0 Å². The van der Waals surface area contributed by atoms with Crippen LogP contribution in [0.5, 0.6) is 0 Å². The summed E-state index contributed by atoms with van der Waals surface area (Å²) >= 11 is 0. The predicted molar refractivity (Wildman–Crippen MR) is 63.3 cm³/mol. The average Bonchev–Trinajstić information content (AvgIpc) is 2.38. The van der Waals surface area contributed by atoms with Crippen LogP contribution in [-0.2, 0) is 13.5 Å². The molecule has 0 spiro atoms. The molecular formula is C11H20N4. The quantitative estimate of drug-likeness (QED) is 0.740. The summed E-state index contributed by atoms with van der Waals surface area (Å²) in [7, 11) is 1.99. The van der Waals surface area contributed by atoms with E-state index in [1.807, 2.05) is 11.7 Å². The number of nitrogens with one attached hydrogen (secondary N) is 2. The molecule has 0 bridgehead atoms. The molecule has 1 aliphatic heterocycles. The van der Waals surface area contributed by atoms with Gasteiger partial charge >= 0.3 is 0 Å². The summed E-state index contributed by atoms with van der Waals surface area (Å²) in [6, 6.07) is 0. The molecule has 0 unspecified atom stereocenters. The maximum Gasteiger partial charge on any atom is 0.148 e. The second kappa shape index (κ2) is 3.43.